The number of alkyl halides is 4. The summed E-state index contributed by atoms with van der Waals surface area (Å²) >= 11 is 38.1. The average molecular weight is 529 g/mol. The Morgan fingerprint density at radius 2 is 1.10 bits per heavy atom. The minimum Gasteiger partial charge on any atom is -0.323 e. The van der Waals surface area contributed by atoms with Crippen LogP contribution in [-0.2, 0) is 9.59 Å². The van der Waals surface area contributed by atoms with E-state index >= 15 is 0 Å². The van der Waals surface area contributed by atoms with Crippen molar-refractivity contribution in [2.75, 3.05) is 10.6 Å². The van der Waals surface area contributed by atoms with Gasteiger partial charge in [-0.25, -0.2) is 0 Å². The summed E-state index contributed by atoms with van der Waals surface area (Å²) in [5, 5.41) is 3.30. The van der Waals surface area contributed by atoms with Gasteiger partial charge in [-0.05, 0) is 37.1 Å². The van der Waals surface area contributed by atoms with Crippen LogP contribution < -0.4 is 10.6 Å². The van der Waals surface area contributed by atoms with Gasteiger partial charge in [-0.1, -0.05) is 47.5 Å². The predicted octanol–water partition coefficient (Wildman–Crippen LogP) is 6.37. The molecule has 1 saturated carbocycles. The number of amides is 2. The van der Waals surface area contributed by atoms with Gasteiger partial charge in [-0.2, -0.15) is 0 Å². The van der Waals surface area contributed by atoms with E-state index in [-0.39, 0.29) is 0 Å². The van der Waals surface area contributed by atoms with Gasteiger partial charge >= 0.3 is 0 Å². The maximum absolute atomic E-state index is 12.9. The van der Waals surface area contributed by atoms with Crippen LogP contribution in [0.3, 0.4) is 0 Å². The topological polar surface area (TPSA) is 58.2 Å². The van der Waals surface area contributed by atoms with Gasteiger partial charge in [0.15, 0.2) is 9.75 Å². The van der Waals surface area contributed by atoms with Crippen LogP contribution in [-0.4, -0.2) is 32.3 Å². The van der Waals surface area contributed by atoms with Crippen molar-refractivity contribution in [1.29, 1.82) is 0 Å². The van der Waals surface area contributed by atoms with Crippen LogP contribution in [0.5, 0.6) is 0 Å². The summed E-state index contributed by atoms with van der Waals surface area (Å²) in [6.45, 7) is 3.54. The second kappa shape index (κ2) is 8.57. The quantitative estimate of drug-likeness (QED) is 0.453. The van der Waals surface area contributed by atoms with Crippen molar-refractivity contribution in [2.45, 2.75) is 34.3 Å². The molecule has 2 aromatic rings. The number of carbonyl (C=O) groups is 2. The van der Waals surface area contributed by atoms with Crippen LogP contribution in [0.2, 0.25) is 10.0 Å². The average Bonchev–Trinajstić information content (AvgIpc) is 2.71. The molecule has 0 radical (unpaired) electrons. The molecule has 2 amide bonds. The molecule has 30 heavy (non-hydrogen) atoms. The van der Waals surface area contributed by atoms with Crippen molar-refractivity contribution < 1.29 is 9.59 Å². The highest BCUT2D eigenvalue weighted by Crippen LogP contribution is 2.58. The zero-order valence-electron chi connectivity index (χ0n) is 15.7. The first kappa shape index (κ1) is 23.8. The molecular formula is C20H16Cl6N2O2. The smallest absolute Gasteiger partial charge is 0.248 e. The fraction of sp³-hybridized carbons (Fsp3) is 0.300. The van der Waals surface area contributed by atoms with E-state index in [1.165, 1.54) is 0 Å². The molecule has 0 atom stereocenters. The van der Waals surface area contributed by atoms with Gasteiger partial charge in [-0.15, -0.1) is 46.4 Å². The zero-order valence-corrected chi connectivity index (χ0v) is 20.2. The van der Waals surface area contributed by atoms with E-state index in [0.717, 1.165) is 11.1 Å². The number of carbonyl (C=O) groups excluding carboxylic acids is 2. The Morgan fingerprint density at radius 1 is 0.767 bits per heavy atom. The summed E-state index contributed by atoms with van der Waals surface area (Å²) in [6.07, 6.45) is 0. The number of hydrogen-bond donors (Lipinski definition) is 2. The minimum absolute atomic E-state index is 0.323. The van der Waals surface area contributed by atoms with Gasteiger partial charge in [-0.3, -0.25) is 9.59 Å². The second-order valence-corrected chi connectivity index (χ2v) is 9.97. The molecule has 0 aliphatic heterocycles. The third-order valence-corrected chi connectivity index (χ3v) is 8.76. The summed E-state index contributed by atoms with van der Waals surface area (Å²) in [5.74, 6) is -1.42. The SMILES string of the molecule is Cc1cccc(Cl)c1NC(=O)C1(Cl)C(Cl)C(Cl)(C(=O)Nc2c(C)cccc2Cl)C1Cl. The molecule has 1 aliphatic carbocycles. The van der Waals surface area contributed by atoms with Crippen LogP contribution in [0.25, 0.3) is 0 Å². The molecule has 4 nitrogen and oxygen atoms in total. The van der Waals surface area contributed by atoms with E-state index in [4.69, 9.17) is 69.6 Å². The first-order valence-corrected chi connectivity index (χ1v) is 11.1. The summed E-state index contributed by atoms with van der Waals surface area (Å²) in [7, 11) is 0. The van der Waals surface area contributed by atoms with Crippen molar-refractivity contribution in [1.82, 2.24) is 0 Å². The van der Waals surface area contributed by atoms with Gasteiger partial charge < -0.3 is 10.6 Å². The maximum Gasteiger partial charge on any atom is 0.248 e. The summed E-state index contributed by atoms with van der Waals surface area (Å²) in [4.78, 5) is 22.2. The fourth-order valence-electron chi connectivity index (χ4n) is 3.23. The first-order chi connectivity index (χ1) is 14.0. The van der Waals surface area contributed by atoms with Gasteiger partial charge in [0.25, 0.3) is 0 Å². The summed E-state index contributed by atoms with van der Waals surface area (Å²) in [5.41, 5.74) is 2.19. The number of rotatable bonds is 4. The molecule has 0 heterocycles. The Balaban J connectivity index is 1.84. The minimum atomic E-state index is -1.84. The summed E-state index contributed by atoms with van der Waals surface area (Å²) < 4.78 is 0. The standard InChI is InChI=1S/C20H16Cl6N2O2/c1-9-5-3-7-11(21)13(9)27-17(29)19(25)15(23)20(26,16(19)24)18(30)28-14-10(2)6-4-8-12(14)22/h3-8,15-16H,1-2H3,(H,27,29)(H,28,30). The van der Waals surface area contributed by atoms with E-state index in [1.807, 2.05) is 0 Å². The molecule has 1 aliphatic rings. The van der Waals surface area contributed by atoms with E-state index in [2.05, 4.69) is 10.6 Å². The summed E-state index contributed by atoms with van der Waals surface area (Å²) in [6, 6.07) is 10.3. The number of hydrogen-bond acceptors (Lipinski definition) is 2. The van der Waals surface area contributed by atoms with Crippen molar-refractivity contribution >= 4 is 92.8 Å². The largest absolute Gasteiger partial charge is 0.323 e. The fourth-order valence-corrected chi connectivity index (χ4v) is 5.69. The molecule has 0 bridgehead atoms. The number of aryl methyl sites for hydroxylation is 2. The normalized spacial score (nSPS) is 27.9. The van der Waals surface area contributed by atoms with Gasteiger partial charge in [0, 0.05) is 0 Å². The van der Waals surface area contributed by atoms with E-state index in [0.29, 0.717) is 21.4 Å². The highest BCUT2D eigenvalue weighted by atomic mass is 35.5. The molecule has 2 N–H and O–H groups in total. The zero-order chi connectivity index (χ0) is 22.4. The van der Waals surface area contributed by atoms with Crippen LogP contribution in [0.15, 0.2) is 36.4 Å². The van der Waals surface area contributed by atoms with Crippen LogP contribution in [0.1, 0.15) is 11.1 Å². The molecule has 3 rings (SSSR count). The molecular weight excluding hydrogens is 513 g/mol. The van der Waals surface area contributed by atoms with E-state index in [1.54, 1.807) is 50.2 Å². The number of anilines is 2. The third kappa shape index (κ3) is 3.66. The Hall–Kier alpha value is -0.880. The lowest BCUT2D eigenvalue weighted by Crippen LogP contribution is -2.79. The Morgan fingerprint density at radius 3 is 1.40 bits per heavy atom. The lowest BCUT2D eigenvalue weighted by atomic mass is 9.70. The first-order valence-electron chi connectivity index (χ1n) is 8.74. The third-order valence-electron chi connectivity index (χ3n) is 5.09. The van der Waals surface area contributed by atoms with Crippen molar-refractivity contribution in [3.05, 3.63) is 57.6 Å². The lowest BCUT2D eigenvalue weighted by molar-refractivity contribution is -0.125. The van der Waals surface area contributed by atoms with Crippen molar-refractivity contribution in [2.24, 2.45) is 0 Å². The monoisotopic (exact) mass is 526 g/mol. The van der Waals surface area contributed by atoms with Gasteiger partial charge in [0.05, 0.1) is 32.2 Å². The Kier molecular flexibility index (Phi) is 6.79. The van der Waals surface area contributed by atoms with Crippen LogP contribution in [0, 0.1) is 13.8 Å². The van der Waals surface area contributed by atoms with Crippen molar-refractivity contribution in [3.8, 4) is 0 Å². The predicted molar refractivity (Wildman–Crippen MR) is 126 cm³/mol. The van der Waals surface area contributed by atoms with Crippen LogP contribution in [0.4, 0.5) is 11.4 Å². The highest BCUT2D eigenvalue weighted by Gasteiger charge is 2.76. The van der Waals surface area contributed by atoms with Crippen LogP contribution >= 0.6 is 69.6 Å². The number of para-hydroxylation sites is 2. The molecule has 10 heteroatoms. The Bertz CT molecular complexity index is 898. The molecule has 2 aromatic carbocycles. The maximum atomic E-state index is 12.9. The van der Waals surface area contributed by atoms with E-state index in [9.17, 15) is 9.59 Å². The molecule has 1 fully saturated rings. The van der Waals surface area contributed by atoms with E-state index < -0.39 is 32.3 Å². The number of halogens is 6. The second-order valence-electron chi connectivity index (χ2n) is 7.03. The number of benzene rings is 2. The lowest BCUT2D eigenvalue weighted by Gasteiger charge is -2.55. The Labute approximate surface area is 204 Å². The van der Waals surface area contributed by atoms with Gasteiger partial charge in [0.2, 0.25) is 11.8 Å². The van der Waals surface area contributed by atoms with Gasteiger partial charge in [0.1, 0.15) is 0 Å². The molecule has 0 spiro atoms. The molecule has 0 saturated heterocycles. The van der Waals surface area contributed by atoms with Crippen molar-refractivity contribution in [3.63, 3.8) is 0 Å². The molecule has 0 aromatic heterocycles. The molecule has 160 valence electrons. The molecule has 0 unspecified atom stereocenters. The number of nitrogens with one attached hydrogen (secondary N) is 2. The highest BCUT2D eigenvalue weighted by molar-refractivity contribution is 6.59.